The zero-order chi connectivity index (χ0) is 8.10. The van der Waals surface area contributed by atoms with E-state index in [1.165, 1.54) is 32.1 Å². The number of carbonyl (C=O) groups excluding carboxylic acids is 1. The van der Waals surface area contributed by atoms with Crippen molar-refractivity contribution in [3.63, 3.8) is 0 Å². The molecule has 1 aliphatic carbocycles. The minimum Gasteiger partial charge on any atom is -0.233 e. The van der Waals surface area contributed by atoms with E-state index in [1.54, 1.807) is 0 Å². The molecule has 0 aromatic heterocycles. The summed E-state index contributed by atoms with van der Waals surface area (Å²) in [5, 5.41) is 0. The summed E-state index contributed by atoms with van der Waals surface area (Å²) in [6.07, 6.45) is 7.70. The van der Waals surface area contributed by atoms with E-state index in [-0.39, 0.29) is 0 Å². The van der Waals surface area contributed by atoms with Crippen LogP contribution < -0.4 is 0 Å². The lowest BCUT2D eigenvalue weighted by atomic mass is 9.87. The van der Waals surface area contributed by atoms with Gasteiger partial charge in [-0.3, -0.25) is 0 Å². The molecule has 1 nitrogen and oxygen atoms in total. The monoisotopic (exact) mass is 264 g/mol. The highest BCUT2D eigenvalue weighted by Gasteiger charge is 2.14. The first-order valence-corrected chi connectivity index (χ1v) is 5.30. The third-order valence-corrected chi connectivity index (χ3v) is 2.96. The highest BCUT2D eigenvalue weighted by Crippen LogP contribution is 2.29. The molecule has 0 N–H and O–H groups in total. The molecule has 0 heterocycles. The summed E-state index contributed by atoms with van der Waals surface area (Å²) < 4.78 is 0.870. The maximum Gasteiger partial charge on any atom is 0.134 e. The Labute approximate surface area is 81.4 Å². The normalized spacial score (nSPS) is 19.4. The molecule has 1 saturated carbocycles. The van der Waals surface area contributed by atoms with Gasteiger partial charge in [-0.05, 0) is 34.9 Å². The van der Waals surface area contributed by atoms with Crippen molar-refractivity contribution in [3.05, 3.63) is 3.58 Å². The average Bonchev–Trinajstić information content (AvgIpc) is 2.06. The molecular weight excluding hydrogens is 251 g/mol. The molecule has 0 spiro atoms. The second-order valence-electron chi connectivity index (χ2n) is 3.22. The summed E-state index contributed by atoms with van der Waals surface area (Å²) in [5.74, 6) is 2.74. The Morgan fingerprint density at radius 1 is 1.36 bits per heavy atom. The zero-order valence-corrected chi connectivity index (χ0v) is 8.76. The highest BCUT2D eigenvalue weighted by molar-refractivity contribution is 14.1. The average molecular weight is 264 g/mol. The van der Waals surface area contributed by atoms with Crippen molar-refractivity contribution < 1.29 is 4.79 Å². The highest BCUT2D eigenvalue weighted by atomic mass is 127. The molecule has 0 unspecified atom stereocenters. The predicted octanol–water partition coefficient (Wildman–Crippen LogP) is 3.11. The van der Waals surface area contributed by atoms with Gasteiger partial charge in [-0.1, -0.05) is 32.1 Å². The van der Waals surface area contributed by atoms with E-state index in [0.29, 0.717) is 0 Å². The van der Waals surface area contributed by atoms with Crippen LogP contribution in [0.25, 0.3) is 0 Å². The van der Waals surface area contributed by atoms with Crippen molar-refractivity contribution in [1.82, 2.24) is 0 Å². The van der Waals surface area contributed by atoms with E-state index in [1.807, 2.05) is 5.94 Å². The first-order chi connectivity index (χ1) is 5.33. The van der Waals surface area contributed by atoms with Gasteiger partial charge in [-0.2, -0.15) is 0 Å². The molecule has 1 fully saturated rings. The number of rotatable bonds is 2. The van der Waals surface area contributed by atoms with Crippen molar-refractivity contribution >= 4 is 28.5 Å². The van der Waals surface area contributed by atoms with E-state index >= 15 is 0 Å². The molecule has 11 heavy (non-hydrogen) atoms. The van der Waals surface area contributed by atoms with Crippen LogP contribution in [0.5, 0.6) is 0 Å². The van der Waals surface area contributed by atoms with Gasteiger partial charge in [0.05, 0.1) is 3.58 Å². The van der Waals surface area contributed by atoms with E-state index in [4.69, 9.17) is 0 Å². The van der Waals surface area contributed by atoms with Crippen LogP contribution in [0.2, 0.25) is 0 Å². The second kappa shape index (κ2) is 4.94. The van der Waals surface area contributed by atoms with Crippen molar-refractivity contribution in [1.29, 1.82) is 0 Å². The Bertz CT molecular complexity index is 164. The second-order valence-corrected chi connectivity index (χ2v) is 4.52. The van der Waals surface area contributed by atoms with E-state index in [9.17, 15) is 4.79 Å². The Morgan fingerprint density at radius 3 is 2.55 bits per heavy atom. The Balaban J connectivity index is 2.30. The molecule has 0 atom stereocenters. The first kappa shape index (κ1) is 9.27. The third-order valence-electron chi connectivity index (χ3n) is 2.30. The number of halogens is 1. The Morgan fingerprint density at radius 2 is 2.00 bits per heavy atom. The summed E-state index contributed by atoms with van der Waals surface area (Å²) in [6.45, 7) is 0. The van der Waals surface area contributed by atoms with Crippen LogP contribution in [0.3, 0.4) is 0 Å². The molecule has 62 valence electrons. The van der Waals surface area contributed by atoms with Crippen molar-refractivity contribution in [3.8, 4) is 0 Å². The molecular formula is C9H13IO. The van der Waals surface area contributed by atoms with Gasteiger partial charge < -0.3 is 0 Å². The molecule has 0 aliphatic heterocycles. The number of hydrogen-bond acceptors (Lipinski definition) is 1. The molecule has 0 radical (unpaired) electrons. The van der Waals surface area contributed by atoms with Gasteiger partial charge in [0, 0.05) is 0 Å². The maximum atomic E-state index is 10.2. The molecule has 1 rings (SSSR count). The fraction of sp³-hybridized carbons (Fsp3) is 0.778. The molecule has 0 aromatic carbocycles. The van der Waals surface area contributed by atoms with Gasteiger partial charge in [0.25, 0.3) is 0 Å². The fourth-order valence-electron chi connectivity index (χ4n) is 1.69. The standard InChI is InChI=1S/C9H13IO/c10-9(7-11)6-8-4-2-1-3-5-8/h8H,1-6H2. The van der Waals surface area contributed by atoms with Crippen molar-refractivity contribution in [2.24, 2.45) is 5.92 Å². The molecule has 0 aromatic rings. The van der Waals surface area contributed by atoms with Crippen LogP contribution in [0, 0.1) is 5.92 Å². The van der Waals surface area contributed by atoms with Crippen LogP contribution in [0.15, 0.2) is 3.58 Å². The van der Waals surface area contributed by atoms with Gasteiger partial charge >= 0.3 is 0 Å². The molecule has 1 aliphatic rings. The number of hydrogen-bond donors (Lipinski definition) is 0. The summed E-state index contributed by atoms with van der Waals surface area (Å²) in [6, 6.07) is 0. The topological polar surface area (TPSA) is 17.1 Å². The number of allylic oxidation sites excluding steroid dienone is 1. The third kappa shape index (κ3) is 3.39. The van der Waals surface area contributed by atoms with Crippen molar-refractivity contribution in [2.45, 2.75) is 38.5 Å². The van der Waals surface area contributed by atoms with Gasteiger partial charge in [-0.25, -0.2) is 4.79 Å². The first-order valence-electron chi connectivity index (χ1n) is 4.22. The minimum atomic E-state index is 0.775. The van der Waals surface area contributed by atoms with Gasteiger partial charge in [0.1, 0.15) is 5.94 Å². The maximum absolute atomic E-state index is 10.2. The van der Waals surface area contributed by atoms with Crippen molar-refractivity contribution in [2.75, 3.05) is 0 Å². The van der Waals surface area contributed by atoms with Crippen LogP contribution in [0.1, 0.15) is 38.5 Å². The smallest absolute Gasteiger partial charge is 0.134 e. The van der Waals surface area contributed by atoms with Crippen LogP contribution in [-0.2, 0) is 4.79 Å². The van der Waals surface area contributed by atoms with Gasteiger partial charge in [0.15, 0.2) is 0 Å². The Kier molecular flexibility index (Phi) is 4.16. The molecule has 0 saturated heterocycles. The predicted molar refractivity (Wildman–Crippen MR) is 54.4 cm³/mol. The minimum absolute atomic E-state index is 0.775. The molecule has 0 amide bonds. The van der Waals surface area contributed by atoms with E-state index in [2.05, 4.69) is 22.6 Å². The van der Waals surface area contributed by atoms with Gasteiger partial charge in [0.2, 0.25) is 0 Å². The molecule has 0 bridgehead atoms. The lowest BCUT2D eigenvalue weighted by molar-refractivity contribution is 0.361. The zero-order valence-electron chi connectivity index (χ0n) is 6.61. The largest absolute Gasteiger partial charge is 0.233 e. The molecule has 2 heteroatoms. The van der Waals surface area contributed by atoms with E-state index in [0.717, 1.165) is 15.9 Å². The van der Waals surface area contributed by atoms with E-state index < -0.39 is 0 Å². The van der Waals surface area contributed by atoms with Crippen LogP contribution in [0.4, 0.5) is 0 Å². The van der Waals surface area contributed by atoms with Crippen LogP contribution >= 0.6 is 22.6 Å². The summed E-state index contributed by atoms with van der Waals surface area (Å²) in [7, 11) is 0. The summed E-state index contributed by atoms with van der Waals surface area (Å²) >= 11 is 2.10. The van der Waals surface area contributed by atoms with Crippen LogP contribution in [-0.4, -0.2) is 5.94 Å². The SMILES string of the molecule is O=C=C(I)CC1CCCCC1. The quantitative estimate of drug-likeness (QED) is 0.553. The van der Waals surface area contributed by atoms with Gasteiger partial charge in [-0.15, -0.1) is 0 Å². The lowest BCUT2D eigenvalue weighted by Gasteiger charge is -2.20. The lowest BCUT2D eigenvalue weighted by Crippen LogP contribution is -2.05. The summed E-state index contributed by atoms with van der Waals surface area (Å²) in [5.41, 5.74) is 0. The summed E-state index contributed by atoms with van der Waals surface area (Å²) in [4.78, 5) is 10.2. The Hall–Kier alpha value is 0.180. The fourth-order valence-corrected chi connectivity index (χ4v) is 2.31.